The van der Waals surface area contributed by atoms with Crippen molar-refractivity contribution in [2.24, 2.45) is 0 Å². The van der Waals surface area contributed by atoms with Gasteiger partial charge in [-0.05, 0) is 32.0 Å². The number of hydrogen-bond acceptors (Lipinski definition) is 6. The van der Waals surface area contributed by atoms with Crippen LogP contribution in [0.4, 0.5) is 14.5 Å². The van der Waals surface area contributed by atoms with Gasteiger partial charge in [-0.1, -0.05) is 28.9 Å². The van der Waals surface area contributed by atoms with Crippen LogP contribution >= 0.6 is 0 Å². The van der Waals surface area contributed by atoms with Crippen LogP contribution in [-0.2, 0) is 21.4 Å². The molecule has 2 aromatic carbocycles. The van der Waals surface area contributed by atoms with Gasteiger partial charge >= 0.3 is 0 Å². The Balaban J connectivity index is 1.80. The molecule has 1 aromatic heterocycles. The maximum atomic E-state index is 13.7. The van der Waals surface area contributed by atoms with E-state index >= 15 is 0 Å². The Morgan fingerprint density at radius 3 is 2.50 bits per heavy atom. The van der Waals surface area contributed by atoms with E-state index in [1.165, 1.54) is 18.9 Å². The van der Waals surface area contributed by atoms with Gasteiger partial charge in [0.25, 0.3) is 0 Å². The summed E-state index contributed by atoms with van der Waals surface area (Å²) >= 11 is 0. The van der Waals surface area contributed by atoms with Gasteiger partial charge in [0.1, 0.15) is 6.04 Å². The highest BCUT2D eigenvalue weighted by molar-refractivity contribution is 7.92. The molecule has 11 heteroatoms. The number of benzene rings is 2. The Kier molecular flexibility index (Phi) is 6.58. The third kappa shape index (κ3) is 5.10. The molecular formula is C21H22F2N4O4S. The number of hydrogen-bond donors (Lipinski definition) is 0. The minimum atomic E-state index is -3.99. The number of carbonyl (C=O) groups excluding carboxylic acids is 1. The minimum Gasteiger partial charge on any atom is -0.337 e. The van der Waals surface area contributed by atoms with E-state index in [1.54, 1.807) is 0 Å². The number of carbonyl (C=O) groups is 1. The third-order valence-electron chi connectivity index (χ3n) is 4.72. The average molecular weight is 464 g/mol. The molecule has 0 N–H and O–H groups in total. The highest BCUT2D eigenvalue weighted by Gasteiger charge is 2.32. The molecule has 32 heavy (non-hydrogen) atoms. The highest BCUT2D eigenvalue weighted by Crippen LogP contribution is 2.24. The standard InChI is InChI=1S/C21H22F2N4O4S/c1-13-6-5-7-15(10-13)20-24-19(31-25-20)12-26(3)21(28)14(2)27(32(4,29)30)16-8-9-17(22)18(23)11-16/h5-11,14H,12H2,1-4H3/t14-/m1/s1. The predicted octanol–water partition coefficient (Wildman–Crippen LogP) is 3.14. The lowest BCUT2D eigenvalue weighted by atomic mass is 10.1. The number of sulfonamides is 1. The second-order valence-electron chi connectivity index (χ2n) is 7.41. The van der Waals surface area contributed by atoms with E-state index < -0.39 is 33.6 Å². The summed E-state index contributed by atoms with van der Waals surface area (Å²) in [6, 6.07) is 8.88. The number of aryl methyl sites for hydroxylation is 1. The van der Waals surface area contributed by atoms with Crippen LogP contribution in [-0.4, -0.2) is 48.7 Å². The minimum absolute atomic E-state index is 0.0721. The van der Waals surface area contributed by atoms with Gasteiger partial charge in [-0.25, -0.2) is 17.2 Å². The highest BCUT2D eigenvalue weighted by atomic mass is 32.2. The van der Waals surface area contributed by atoms with Gasteiger partial charge in [0.15, 0.2) is 11.6 Å². The van der Waals surface area contributed by atoms with E-state index in [1.807, 2.05) is 31.2 Å². The van der Waals surface area contributed by atoms with Crippen molar-refractivity contribution in [1.29, 1.82) is 0 Å². The van der Waals surface area contributed by atoms with Gasteiger partial charge in [-0.3, -0.25) is 9.10 Å². The van der Waals surface area contributed by atoms with Gasteiger partial charge in [0, 0.05) is 18.7 Å². The zero-order valence-electron chi connectivity index (χ0n) is 17.9. The summed E-state index contributed by atoms with van der Waals surface area (Å²) in [6.45, 7) is 3.21. The average Bonchev–Trinajstić information content (AvgIpc) is 3.17. The van der Waals surface area contributed by atoms with Crippen LogP contribution in [0.3, 0.4) is 0 Å². The van der Waals surface area contributed by atoms with E-state index in [0.717, 1.165) is 39.9 Å². The third-order valence-corrected chi connectivity index (χ3v) is 5.96. The van der Waals surface area contributed by atoms with Gasteiger partial charge < -0.3 is 9.42 Å². The maximum Gasteiger partial charge on any atom is 0.246 e. The van der Waals surface area contributed by atoms with E-state index in [4.69, 9.17) is 4.52 Å². The first-order valence-electron chi connectivity index (χ1n) is 9.56. The monoisotopic (exact) mass is 464 g/mol. The lowest BCUT2D eigenvalue weighted by Crippen LogP contribution is -2.48. The van der Waals surface area contributed by atoms with Crippen LogP contribution in [0.25, 0.3) is 11.4 Å². The van der Waals surface area contributed by atoms with Crippen molar-refractivity contribution < 1.29 is 26.5 Å². The molecule has 0 spiro atoms. The molecule has 0 fully saturated rings. The first kappa shape index (κ1) is 23.3. The van der Waals surface area contributed by atoms with Gasteiger partial charge in [0.2, 0.25) is 27.6 Å². The van der Waals surface area contributed by atoms with Crippen LogP contribution in [0.1, 0.15) is 18.4 Å². The lowest BCUT2D eigenvalue weighted by molar-refractivity contribution is -0.131. The van der Waals surface area contributed by atoms with Gasteiger partial charge in [0.05, 0.1) is 18.5 Å². The molecule has 0 saturated carbocycles. The molecule has 0 saturated heterocycles. The summed E-state index contributed by atoms with van der Waals surface area (Å²) < 4.78 is 57.6. The number of rotatable bonds is 7. The summed E-state index contributed by atoms with van der Waals surface area (Å²) in [5, 5.41) is 3.92. The molecule has 0 aliphatic rings. The Morgan fingerprint density at radius 2 is 1.88 bits per heavy atom. The van der Waals surface area contributed by atoms with Crippen LogP contribution in [0, 0.1) is 18.6 Å². The van der Waals surface area contributed by atoms with Crippen molar-refractivity contribution in [2.45, 2.75) is 26.4 Å². The lowest BCUT2D eigenvalue weighted by Gasteiger charge is -2.30. The van der Waals surface area contributed by atoms with Crippen molar-refractivity contribution >= 4 is 21.6 Å². The molecular weight excluding hydrogens is 442 g/mol. The fraction of sp³-hybridized carbons (Fsp3) is 0.286. The van der Waals surface area contributed by atoms with Gasteiger partial charge in [-0.2, -0.15) is 4.98 Å². The fourth-order valence-electron chi connectivity index (χ4n) is 3.24. The number of anilines is 1. The van der Waals surface area contributed by atoms with Crippen LogP contribution in [0.2, 0.25) is 0 Å². The number of nitrogens with zero attached hydrogens (tertiary/aromatic N) is 4. The summed E-state index contributed by atoms with van der Waals surface area (Å²) in [5.41, 5.74) is 1.61. The zero-order valence-corrected chi connectivity index (χ0v) is 18.7. The quantitative estimate of drug-likeness (QED) is 0.533. The van der Waals surface area contributed by atoms with Crippen molar-refractivity contribution in [3.05, 3.63) is 65.6 Å². The van der Waals surface area contributed by atoms with Crippen molar-refractivity contribution in [3.63, 3.8) is 0 Å². The molecule has 8 nitrogen and oxygen atoms in total. The molecule has 0 aliphatic carbocycles. The second-order valence-corrected chi connectivity index (χ2v) is 9.27. The van der Waals surface area contributed by atoms with Crippen LogP contribution < -0.4 is 4.31 Å². The fourth-order valence-corrected chi connectivity index (χ4v) is 4.41. The first-order valence-corrected chi connectivity index (χ1v) is 11.4. The van der Waals surface area contributed by atoms with Crippen molar-refractivity contribution in [1.82, 2.24) is 15.0 Å². The molecule has 0 aliphatic heterocycles. The van der Waals surface area contributed by atoms with E-state index in [-0.39, 0.29) is 18.1 Å². The van der Waals surface area contributed by atoms with Crippen LogP contribution in [0.15, 0.2) is 47.0 Å². The van der Waals surface area contributed by atoms with Crippen molar-refractivity contribution in [2.75, 3.05) is 17.6 Å². The Bertz CT molecular complexity index is 1250. The summed E-state index contributed by atoms with van der Waals surface area (Å²) in [4.78, 5) is 18.4. The largest absolute Gasteiger partial charge is 0.337 e. The Hall–Kier alpha value is -3.34. The molecule has 0 radical (unpaired) electrons. The molecule has 0 bridgehead atoms. The second kappa shape index (κ2) is 9.03. The smallest absolute Gasteiger partial charge is 0.246 e. The molecule has 3 aromatic rings. The summed E-state index contributed by atoms with van der Waals surface area (Å²) in [5.74, 6) is -2.44. The predicted molar refractivity (Wildman–Crippen MR) is 114 cm³/mol. The maximum absolute atomic E-state index is 13.7. The molecule has 1 amide bonds. The summed E-state index contributed by atoms with van der Waals surface area (Å²) in [6.07, 6.45) is 0.879. The van der Waals surface area contributed by atoms with E-state index in [2.05, 4.69) is 10.1 Å². The molecule has 1 atom stereocenters. The van der Waals surface area contributed by atoms with Gasteiger partial charge in [-0.15, -0.1) is 0 Å². The van der Waals surface area contributed by atoms with Crippen molar-refractivity contribution in [3.8, 4) is 11.4 Å². The summed E-state index contributed by atoms with van der Waals surface area (Å²) in [7, 11) is -2.54. The number of likely N-dealkylation sites (N-methyl/N-ethyl adjacent to an activating group) is 1. The molecule has 3 rings (SSSR count). The Morgan fingerprint density at radius 1 is 1.16 bits per heavy atom. The topological polar surface area (TPSA) is 96.6 Å². The molecule has 170 valence electrons. The van der Waals surface area contributed by atoms with E-state index in [0.29, 0.717) is 5.82 Å². The Labute approximate surface area is 184 Å². The SMILES string of the molecule is Cc1cccc(-c2noc(CN(C)C(=O)[C@@H](C)N(c3ccc(F)c(F)c3)S(C)(=O)=O)n2)c1. The molecule has 0 unspecified atom stereocenters. The molecule has 1 heterocycles. The number of halogens is 2. The zero-order chi connectivity index (χ0) is 23.6. The van der Waals surface area contributed by atoms with Crippen LogP contribution in [0.5, 0.6) is 0 Å². The number of amides is 1. The normalized spacial score (nSPS) is 12.4. The first-order chi connectivity index (χ1) is 15.0. The number of aromatic nitrogens is 2. The van der Waals surface area contributed by atoms with E-state index in [9.17, 15) is 22.0 Å².